The predicted molar refractivity (Wildman–Crippen MR) is 87.3 cm³/mol. The summed E-state index contributed by atoms with van der Waals surface area (Å²) in [5.41, 5.74) is 1.62. The molecule has 2 aromatic rings. The smallest absolute Gasteiger partial charge is 0.355 e. The third kappa shape index (κ3) is 3.41. The molecular weight excluding hydrogens is 296 g/mol. The van der Waals surface area contributed by atoms with E-state index in [4.69, 9.17) is 9.15 Å². The van der Waals surface area contributed by atoms with Crippen LogP contribution in [0.1, 0.15) is 45.1 Å². The summed E-state index contributed by atoms with van der Waals surface area (Å²) in [5.74, 6) is -0.494. The first-order valence-electron chi connectivity index (χ1n) is 7.91. The van der Waals surface area contributed by atoms with Gasteiger partial charge in [0.2, 0.25) is 5.91 Å². The van der Waals surface area contributed by atoms with E-state index in [0.717, 1.165) is 0 Å². The third-order valence-corrected chi connectivity index (χ3v) is 3.70. The van der Waals surface area contributed by atoms with Crippen molar-refractivity contribution in [1.29, 1.82) is 0 Å². The topological polar surface area (TPSA) is 64.7 Å². The molecule has 6 nitrogen and oxygen atoms in total. The van der Waals surface area contributed by atoms with Gasteiger partial charge in [0.1, 0.15) is 12.2 Å². The lowest BCUT2D eigenvalue weighted by Gasteiger charge is -2.31. The molecule has 1 amide bonds. The number of ether oxygens (including phenoxy) is 1. The summed E-state index contributed by atoms with van der Waals surface area (Å²) in [6.45, 7) is 10.0. The van der Waals surface area contributed by atoms with Crippen molar-refractivity contribution in [2.24, 2.45) is 0 Å². The van der Waals surface area contributed by atoms with Crippen molar-refractivity contribution in [3.8, 4) is 0 Å². The normalized spacial score (nSPS) is 11.4. The van der Waals surface area contributed by atoms with Gasteiger partial charge < -0.3 is 18.6 Å². The molecule has 2 rings (SSSR count). The van der Waals surface area contributed by atoms with Gasteiger partial charge in [-0.3, -0.25) is 4.79 Å². The van der Waals surface area contributed by atoms with Gasteiger partial charge in [-0.15, -0.1) is 0 Å². The molecule has 0 unspecified atom stereocenters. The number of esters is 1. The van der Waals surface area contributed by atoms with E-state index in [9.17, 15) is 9.59 Å². The van der Waals surface area contributed by atoms with E-state index < -0.39 is 5.97 Å². The Labute approximate surface area is 136 Å². The Morgan fingerprint density at radius 3 is 2.48 bits per heavy atom. The van der Waals surface area contributed by atoms with Gasteiger partial charge in [0.25, 0.3) is 0 Å². The fourth-order valence-corrected chi connectivity index (χ4v) is 2.91. The molecule has 0 saturated carbocycles. The van der Waals surface area contributed by atoms with Crippen LogP contribution in [-0.4, -0.2) is 40.0 Å². The number of hydrogen-bond donors (Lipinski definition) is 0. The van der Waals surface area contributed by atoms with Gasteiger partial charge in [0.05, 0.1) is 18.4 Å². The predicted octanol–water partition coefficient (Wildman–Crippen LogP) is 3.06. The summed E-state index contributed by atoms with van der Waals surface area (Å²) in [7, 11) is 0. The zero-order valence-corrected chi connectivity index (χ0v) is 14.3. The Morgan fingerprint density at radius 1 is 1.26 bits per heavy atom. The largest absolute Gasteiger partial charge is 0.463 e. The second kappa shape index (κ2) is 6.89. The maximum Gasteiger partial charge on any atom is 0.355 e. The summed E-state index contributed by atoms with van der Waals surface area (Å²) in [6, 6.07) is 3.55. The Balaban J connectivity index is 2.37. The number of nitrogens with zero attached hydrogens (tertiary/aromatic N) is 2. The summed E-state index contributed by atoms with van der Waals surface area (Å²) >= 11 is 0. The second-order valence-corrected chi connectivity index (χ2v) is 5.99. The van der Waals surface area contributed by atoms with Crippen LogP contribution < -0.4 is 0 Å². The minimum absolute atomic E-state index is 0.0424. The highest BCUT2D eigenvalue weighted by molar-refractivity contribution is 5.95. The van der Waals surface area contributed by atoms with E-state index in [1.54, 1.807) is 34.8 Å². The molecule has 0 aliphatic carbocycles. The molecule has 0 radical (unpaired) electrons. The molecule has 0 N–H and O–H groups in total. The fourth-order valence-electron chi connectivity index (χ4n) is 2.91. The van der Waals surface area contributed by atoms with Gasteiger partial charge in [-0.25, -0.2) is 4.79 Å². The number of carbonyl (C=O) groups is 2. The highest BCUT2D eigenvalue weighted by Gasteiger charge is 2.25. The lowest BCUT2D eigenvalue weighted by atomic mass is 10.2. The molecule has 0 saturated heterocycles. The van der Waals surface area contributed by atoms with Crippen LogP contribution in [0.5, 0.6) is 0 Å². The van der Waals surface area contributed by atoms with Crippen LogP contribution in [0.2, 0.25) is 0 Å². The average Bonchev–Trinajstić information content (AvgIpc) is 3.00. The number of amides is 1. The molecule has 0 fully saturated rings. The standard InChI is InChI=1S/C17H24N2O4/c1-6-22-17(21)14-9-15-13(7-8-23-15)18(14)10-16(20)19(11(2)3)12(4)5/h7-9,11-12H,6,10H2,1-5H3. The van der Waals surface area contributed by atoms with Crippen molar-refractivity contribution in [2.75, 3.05) is 6.61 Å². The maximum absolute atomic E-state index is 12.7. The van der Waals surface area contributed by atoms with E-state index in [0.29, 0.717) is 16.8 Å². The fraction of sp³-hybridized carbons (Fsp3) is 0.529. The molecule has 2 aromatic heterocycles. The molecular formula is C17H24N2O4. The number of hydrogen-bond acceptors (Lipinski definition) is 4. The van der Waals surface area contributed by atoms with Crippen molar-refractivity contribution in [1.82, 2.24) is 9.47 Å². The molecule has 6 heteroatoms. The van der Waals surface area contributed by atoms with Crippen molar-refractivity contribution >= 4 is 23.0 Å². The highest BCUT2D eigenvalue weighted by atomic mass is 16.5. The van der Waals surface area contributed by atoms with Crippen molar-refractivity contribution < 1.29 is 18.7 Å². The van der Waals surface area contributed by atoms with Crippen LogP contribution in [0.3, 0.4) is 0 Å². The van der Waals surface area contributed by atoms with Gasteiger partial charge in [-0.05, 0) is 34.6 Å². The van der Waals surface area contributed by atoms with Crippen LogP contribution in [0.15, 0.2) is 22.8 Å². The van der Waals surface area contributed by atoms with Crippen LogP contribution in [0.25, 0.3) is 11.1 Å². The Kier molecular flexibility index (Phi) is 5.13. The van der Waals surface area contributed by atoms with Crippen LogP contribution in [0.4, 0.5) is 0 Å². The van der Waals surface area contributed by atoms with Gasteiger partial charge in [0, 0.05) is 24.2 Å². The summed E-state index contributed by atoms with van der Waals surface area (Å²) < 4.78 is 12.1. The van der Waals surface area contributed by atoms with E-state index in [1.807, 2.05) is 27.7 Å². The van der Waals surface area contributed by atoms with E-state index >= 15 is 0 Å². The molecule has 0 aliphatic rings. The molecule has 126 valence electrons. The SMILES string of the molecule is CCOC(=O)c1cc2occc2n1CC(=O)N(C(C)C)C(C)C. The van der Waals surface area contributed by atoms with E-state index in [1.165, 1.54) is 0 Å². The Morgan fingerprint density at radius 2 is 1.91 bits per heavy atom. The molecule has 0 atom stereocenters. The maximum atomic E-state index is 12.7. The molecule has 0 spiro atoms. The molecule has 0 aliphatic heterocycles. The zero-order valence-electron chi connectivity index (χ0n) is 14.3. The Hall–Kier alpha value is -2.24. The molecule has 2 heterocycles. The highest BCUT2D eigenvalue weighted by Crippen LogP contribution is 2.22. The number of aromatic nitrogens is 1. The van der Waals surface area contributed by atoms with Gasteiger partial charge in [0.15, 0.2) is 5.58 Å². The van der Waals surface area contributed by atoms with Crippen molar-refractivity contribution in [2.45, 2.75) is 53.2 Å². The lowest BCUT2D eigenvalue weighted by molar-refractivity contribution is -0.135. The van der Waals surface area contributed by atoms with Crippen LogP contribution in [0, 0.1) is 0 Å². The Bertz CT molecular complexity index is 689. The van der Waals surface area contributed by atoms with Gasteiger partial charge >= 0.3 is 5.97 Å². The first kappa shape index (κ1) is 17.1. The first-order valence-corrected chi connectivity index (χ1v) is 7.91. The number of furan rings is 1. The zero-order chi connectivity index (χ0) is 17.1. The first-order chi connectivity index (χ1) is 10.9. The minimum Gasteiger partial charge on any atom is -0.463 e. The van der Waals surface area contributed by atoms with Crippen molar-refractivity contribution in [3.05, 3.63) is 24.1 Å². The molecule has 23 heavy (non-hydrogen) atoms. The minimum atomic E-state index is -0.452. The van der Waals surface area contributed by atoms with Crippen LogP contribution >= 0.6 is 0 Å². The monoisotopic (exact) mass is 320 g/mol. The quantitative estimate of drug-likeness (QED) is 0.767. The number of rotatable bonds is 6. The van der Waals surface area contributed by atoms with E-state index in [-0.39, 0.29) is 31.1 Å². The van der Waals surface area contributed by atoms with Gasteiger partial charge in [-0.2, -0.15) is 0 Å². The average molecular weight is 320 g/mol. The van der Waals surface area contributed by atoms with Crippen LogP contribution in [-0.2, 0) is 16.1 Å². The summed E-state index contributed by atoms with van der Waals surface area (Å²) in [4.78, 5) is 26.7. The summed E-state index contributed by atoms with van der Waals surface area (Å²) in [6.07, 6.45) is 1.54. The number of carbonyl (C=O) groups excluding carboxylic acids is 2. The van der Waals surface area contributed by atoms with Gasteiger partial charge in [-0.1, -0.05) is 0 Å². The number of fused-ring (bicyclic) bond motifs is 1. The molecule has 0 bridgehead atoms. The van der Waals surface area contributed by atoms with Crippen molar-refractivity contribution in [3.63, 3.8) is 0 Å². The summed E-state index contributed by atoms with van der Waals surface area (Å²) in [5, 5.41) is 0. The van der Waals surface area contributed by atoms with E-state index in [2.05, 4.69) is 0 Å². The molecule has 0 aromatic carbocycles. The second-order valence-electron chi connectivity index (χ2n) is 5.99. The third-order valence-electron chi connectivity index (χ3n) is 3.70. The lowest BCUT2D eigenvalue weighted by Crippen LogP contribution is -2.44.